The van der Waals surface area contributed by atoms with Crippen LogP contribution in [-0.4, -0.2) is 4.98 Å². The summed E-state index contributed by atoms with van der Waals surface area (Å²) in [4.78, 5) is 3.98. The third kappa shape index (κ3) is 5.84. The van der Waals surface area contributed by atoms with Crippen LogP contribution in [0.1, 0.15) is 34.6 Å². The van der Waals surface area contributed by atoms with Crippen molar-refractivity contribution in [2.24, 2.45) is 0 Å². The van der Waals surface area contributed by atoms with Crippen molar-refractivity contribution in [2.75, 3.05) is 0 Å². The number of pyridine rings is 1. The van der Waals surface area contributed by atoms with Crippen LogP contribution in [0.4, 0.5) is 8.78 Å². The molecule has 1 nitrogen and oxygen atoms in total. The zero-order valence-corrected chi connectivity index (χ0v) is 18.6. The Morgan fingerprint density at radius 2 is 1.23 bits per heavy atom. The van der Waals surface area contributed by atoms with Crippen molar-refractivity contribution in [1.82, 2.24) is 4.98 Å². The average molecular weight is 554 g/mol. The fourth-order valence-electron chi connectivity index (χ4n) is 2.63. The van der Waals surface area contributed by atoms with Gasteiger partial charge in [-0.1, -0.05) is 40.7 Å². The van der Waals surface area contributed by atoms with Crippen LogP contribution in [0.2, 0.25) is 0 Å². The Labute approximate surface area is 175 Å². The Morgan fingerprint density at radius 3 is 1.62 bits per heavy atom. The van der Waals surface area contributed by atoms with E-state index in [0.717, 1.165) is 6.07 Å². The number of aromatic nitrogens is 1. The van der Waals surface area contributed by atoms with E-state index in [0.29, 0.717) is 11.3 Å². The molecule has 1 aromatic carbocycles. The molecule has 142 valence electrons. The first-order valence-electron chi connectivity index (χ1n) is 7.89. The third-order valence-electron chi connectivity index (χ3n) is 4.68. The van der Waals surface area contributed by atoms with Crippen LogP contribution in [0.15, 0.2) is 42.6 Å². The number of halogens is 3. The molecule has 0 aliphatic heterocycles. The largest absolute Gasteiger partial charge is 1.00 e. The predicted octanol–water partition coefficient (Wildman–Crippen LogP) is 3.00. The Kier molecular flexibility index (Phi) is 10.8. The molecule has 1 aliphatic carbocycles. The molecule has 6 radical (unpaired) electrons. The van der Waals surface area contributed by atoms with E-state index in [-0.39, 0.29) is 32.5 Å². The normalized spacial score (nSPS) is 16.4. The van der Waals surface area contributed by atoms with Crippen molar-refractivity contribution in [2.45, 2.75) is 34.6 Å². The Balaban J connectivity index is 0.000000469. The molecule has 1 aromatic heterocycles. The van der Waals surface area contributed by atoms with Crippen molar-refractivity contribution in [1.29, 1.82) is 0 Å². The van der Waals surface area contributed by atoms with Gasteiger partial charge in [-0.2, -0.15) is 0 Å². The van der Waals surface area contributed by atoms with E-state index in [1.807, 2.05) is 0 Å². The molecular weight excluding hydrogens is 532 g/mol. The van der Waals surface area contributed by atoms with Gasteiger partial charge in [0.15, 0.2) is 0 Å². The van der Waals surface area contributed by atoms with Crippen molar-refractivity contribution in [3.8, 4) is 11.3 Å². The van der Waals surface area contributed by atoms with Crippen LogP contribution in [0.25, 0.3) is 11.3 Å². The quantitative estimate of drug-likeness (QED) is 0.529. The number of nitrogens with zero attached hydrogens (tertiary/aromatic N) is 1. The minimum atomic E-state index is -0.594. The maximum absolute atomic E-state index is 13.3. The summed E-state index contributed by atoms with van der Waals surface area (Å²) in [5, 5.41) is 0. The first-order valence-corrected chi connectivity index (χ1v) is 7.89. The van der Waals surface area contributed by atoms with Gasteiger partial charge in [-0.15, -0.1) is 0 Å². The molecule has 2 aromatic rings. The van der Waals surface area contributed by atoms with Gasteiger partial charge in [0.2, 0.25) is 0 Å². The molecule has 1 fully saturated rings. The van der Waals surface area contributed by atoms with Gasteiger partial charge in [0.05, 0.1) is 5.69 Å². The Hall–Kier alpha value is -0.831. The van der Waals surface area contributed by atoms with Crippen molar-refractivity contribution in [3.05, 3.63) is 83.8 Å². The summed E-state index contributed by atoms with van der Waals surface area (Å²) in [5.41, 5.74) is 0.817. The monoisotopic (exact) mass is 554 g/mol. The van der Waals surface area contributed by atoms with Gasteiger partial charge in [0.25, 0.3) is 0 Å². The van der Waals surface area contributed by atoms with Crippen LogP contribution < -0.4 is 12.4 Å². The van der Waals surface area contributed by atoms with Gasteiger partial charge < -0.3 is 12.4 Å². The molecule has 0 bridgehead atoms. The van der Waals surface area contributed by atoms with Gasteiger partial charge in [0, 0.05) is 37.9 Å². The number of hydrogen-bond donors (Lipinski definition) is 0. The molecule has 1 aliphatic rings. The summed E-state index contributed by atoms with van der Waals surface area (Å²) >= 11 is 0. The van der Waals surface area contributed by atoms with E-state index in [4.69, 9.17) is 0 Å². The maximum Gasteiger partial charge on any atom is 0.135 e. The standard InChI is InChI=1S/C11H7F2N.C10H15.ClH.Ir/c12-8-4-5-9(10(13)7-8)11-3-1-2-6-14-11;1-6-7(2)9(4)10(5)8(6)3;;/h1-7H;1-5H3;1H;/p-1. The zero-order chi connectivity index (χ0) is 17.9. The maximum atomic E-state index is 13.3. The molecule has 0 N–H and O–H groups in total. The van der Waals surface area contributed by atoms with Crippen LogP contribution >= 0.6 is 0 Å². The van der Waals surface area contributed by atoms with E-state index in [9.17, 15) is 8.78 Å². The zero-order valence-electron chi connectivity index (χ0n) is 15.5. The summed E-state index contributed by atoms with van der Waals surface area (Å²) in [6.45, 7) is 11.0. The van der Waals surface area contributed by atoms with Crippen molar-refractivity contribution >= 4 is 0 Å². The molecular formula is C21H22ClF2IrN-. The summed E-state index contributed by atoms with van der Waals surface area (Å²) in [6, 6.07) is 8.62. The van der Waals surface area contributed by atoms with Gasteiger partial charge in [-0.3, -0.25) is 4.98 Å². The number of hydrogen-bond acceptors (Lipinski definition) is 1. The van der Waals surface area contributed by atoms with E-state index in [1.54, 1.807) is 24.4 Å². The number of rotatable bonds is 1. The Morgan fingerprint density at radius 1 is 0.731 bits per heavy atom. The van der Waals surface area contributed by atoms with E-state index >= 15 is 0 Å². The molecule has 3 rings (SSSR count). The summed E-state index contributed by atoms with van der Waals surface area (Å²) in [6.07, 6.45) is 1.57. The second kappa shape index (κ2) is 11.1. The smallest absolute Gasteiger partial charge is 0.135 e. The SMILES string of the molecule is C[C]1[C](C)[C](C)[C](C)[C]1C.Fc1ccc(-c2ccccn2)c(F)c1.[Cl-].[Ir]. The fourth-order valence-corrected chi connectivity index (χ4v) is 2.63. The second-order valence-electron chi connectivity index (χ2n) is 5.96. The predicted molar refractivity (Wildman–Crippen MR) is 94.2 cm³/mol. The summed E-state index contributed by atoms with van der Waals surface area (Å²) < 4.78 is 25.9. The summed E-state index contributed by atoms with van der Waals surface area (Å²) in [7, 11) is 0. The molecule has 5 heteroatoms. The topological polar surface area (TPSA) is 12.9 Å². The van der Waals surface area contributed by atoms with E-state index < -0.39 is 11.6 Å². The van der Waals surface area contributed by atoms with E-state index in [1.165, 1.54) is 41.7 Å². The molecule has 26 heavy (non-hydrogen) atoms. The van der Waals surface area contributed by atoms with Crippen LogP contribution in [-0.2, 0) is 20.1 Å². The third-order valence-corrected chi connectivity index (χ3v) is 4.68. The van der Waals surface area contributed by atoms with Gasteiger partial charge >= 0.3 is 0 Å². The van der Waals surface area contributed by atoms with E-state index in [2.05, 4.69) is 39.6 Å². The number of benzene rings is 1. The summed E-state index contributed by atoms with van der Waals surface area (Å²) in [5.74, 6) is 6.16. The molecule has 0 atom stereocenters. The van der Waals surface area contributed by atoms with Crippen LogP contribution in [0, 0.1) is 41.2 Å². The molecule has 1 saturated carbocycles. The van der Waals surface area contributed by atoms with Crippen LogP contribution in [0.5, 0.6) is 0 Å². The van der Waals surface area contributed by atoms with Crippen molar-refractivity contribution in [3.63, 3.8) is 0 Å². The van der Waals surface area contributed by atoms with Crippen molar-refractivity contribution < 1.29 is 41.3 Å². The molecule has 0 unspecified atom stereocenters. The van der Waals surface area contributed by atoms with Gasteiger partial charge in [-0.25, -0.2) is 8.78 Å². The first-order chi connectivity index (χ1) is 11.3. The van der Waals surface area contributed by atoms with Gasteiger partial charge in [0.1, 0.15) is 11.6 Å². The Bertz CT molecular complexity index is 623. The second-order valence-corrected chi connectivity index (χ2v) is 5.96. The molecule has 1 heterocycles. The molecule has 0 spiro atoms. The minimum absolute atomic E-state index is 0. The molecule has 0 amide bonds. The van der Waals surface area contributed by atoms with Crippen LogP contribution in [0.3, 0.4) is 0 Å². The molecule has 0 saturated heterocycles. The van der Waals surface area contributed by atoms with Gasteiger partial charge in [-0.05, 0) is 53.9 Å². The first kappa shape index (κ1) is 25.2. The fraction of sp³-hybridized carbons (Fsp3) is 0.238. The minimum Gasteiger partial charge on any atom is -1.00 e. The average Bonchev–Trinajstić information content (AvgIpc) is 2.74.